The molecule has 1 aromatic heterocycles. The van der Waals surface area contributed by atoms with Crippen LogP contribution in [-0.2, 0) is 22.4 Å². The molecule has 0 saturated carbocycles. The molecule has 0 radical (unpaired) electrons. The molecule has 1 fully saturated rings. The lowest BCUT2D eigenvalue weighted by molar-refractivity contribution is -0.123. The van der Waals surface area contributed by atoms with Crippen molar-refractivity contribution in [2.75, 3.05) is 7.11 Å². The number of nitrogens with zero attached hydrogens (tertiary/aromatic N) is 1. The van der Waals surface area contributed by atoms with Crippen LogP contribution in [0.4, 0.5) is 0 Å². The van der Waals surface area contributed by atoms with E-state index in [0.29, 0.717) is 25.7 Å². The summed E-state index contributed by atoms with van der Waals surface area (Å²) in [5.41, 5.74) is 1.83. The maximum absolute atomic E-state index is 12.7. The Morgan fingerprint density at radius 2 is 2.00 bits per heavy atom. The summed E-state index contributed by atoms with van der Waals surface area (Å²) in [6.07, 6.45) is 7.17. The Morgan fingerprint density at radius 1 is 1.18 bits per heavy atom. The predicted molar refractivity (Wildman–Crippen MR) is 129 cm³/mol. The molecule has 2 heterocycles. The number of ether oxygens (including phenoxy) is 1. The van der Waals surface area contributed by atoms with Crippen molar-refractivity contribution in [2.24, 2.45) is 0 Å². The number of fused-ring (bicyclic) bond motifs is 1. The lowest BCUT2D eigenvalue weighted by Gasteiger charge is -2.30. The molecule has 2 aromatic carbocycles. The van der Waals surface area contributed by atoms with Gasteiger partial charge >= 0.3 is 0 Å². The van der Waals surface area contributed by atoms with Crippen LogP contribution in [0.25, 0.3) is 10.8 Å². The molecule has 3 aromatic rings. The summed E-state index contributed by atoms with van der Waals surface area (Å²) in [6.45, 7) is 2.00. The Labute approximate surface area is 194 Å². The number of pyridine rings is 1. The van der Waals surface area contributed by atoms with Gasteiger partial charge in [-0.1, -0.05) is 36.4 Å². The number of aromatic nitrogens is 1. The zero-order valence-corrected chi connectivity index (χ0v) is 19.3. The van der Waals surface area contributed by atoms with E-state index < -0.39 is 5.54 Å². The second kappa shape index (κ2) is 10.0. The van der Waals surface area contributed by atoms with E-state index in [1.807, 2.05) is 43.5 Å². The van der Waals surface area contributed by atoms with Crippen molar-refractivity contribution in [3.05, 3.63) is 72.1 Å². The summed E-state index contributed by atoms with van der Waals surface area (Å²) < 4.78 is 5.53. The Kier molecular flexibility index (Phi) is 6.92. The molecule has 1 saturated heterocycles. The third kappa shape index (κ3) is 5.51. The highest BCUT2D eigenvalue weighted by Gasteiger charge is 2.38. The lowest BCUT2D eigenvalue weighted by atomic mass is 9.83. The fraction of sp³-hybridized carbons (Fsp3) is 0.370. The van der Waals surface area contributed by atoms with E-state index in [9.17, 15) is 9.59 Å². The van der Waals surface area contributed by atoms with E-state index in [-0.39, 0.29) is 17.9 Å². The Balaban J connectivity index is 1.45. The molecule has 4 rings (SSSR count). The monoisotopic (exact) mass is 445 g/mol. The summed E-state index contributed by atoms with van der Waals surface area (Å²) in [6, 6.07) is 16.1. The van der Waals surface area contributed by atoms with Gasteiger partial charge in [0.2, 0.25) is 11.8 Å². The molecule has 0 spiro atoms. The van der Waals surface area contributed by atoms with Crippen molar-refractivity contribution in [1.29, 1.82) is 0 Å². The summed E-state index contributed by atoms with van der Waals surface area (Å²) in [4.78, 5) is 29.1. The Hall–Kier alpha value is -3.41. The van der Waals surface area contributed by atoms with Crippen LogP contribution in [0, 0.1) is 0 Å². The van der Waals surface area contributed by atoms with Crippen LogP contribution in [0.1, 0.15) is 43.7 Å². The van der Waals surface area contributed by atoms with Crippen LogP contribution < -0.4 is 15.4 Å². The van der Waals surface area contributed by atoms with Crippen molar-refractivity contribution < 1.29 is 14.3 Å². The van der Waals surface area contributed by atoms with Crippen molar-refractivity contribution in [1.82, 2.24) is 15.6 Å². The Bertz CT molecular complexity index is 1130. The molecule has 1 aliphatic heterocycles. The van der Waals surface area contributed by atoms with Crippen LogP contribution in [-0.4, -0.2) is 35.5 Å². The Morgan fingerprint density at radius 3 is 2.70 bits per heavy atom. The second-order valence-electron chi connectivity index (χ2n) is 9.01. The summed E-state index contributed by atoms with van der Waals surface area (Å²) in [7, 11) is 1.67. The largest absolute Gasteiger partial charge is 0.496 e. The van der Waals surface area contributed by atoms with Crippen LogP contribution >= 0.6 is 0 Å². The van der Waals surface area contributed by atoms with Gasteiger partial charge in [0, 0.05) is 42.2 Å². The minimum Gasteiger partial charge on any atom is -0.496 e. The van der Waals surface area contributed by atoms with Gasteiger partial charge in [-0.05, 0) is 61.3 Å². The fourth-order valence-corrected chi connectivity index (χ4v) is 4.84. The van der Waals surface area contributed by atoms with Gasteiger partial charge in [0.15, 0.2) is 0 Å². The summed E-state index contributed by atoms with van der Waals surface area (Å²) in [5, 5.41) is 8.46. The number of carbonyl (C=O) groups excluding carboxylic acids is 2. The zero-order chi connectivity index (χ0) is 23.3. The van der Waals surface area contributed by atoms with E-state index in [1.165, 1.54) is 0 Å². The van der Waals surface area contributed by atoms with E-state index in [1.54, 1.807) is 13.3 Å². The molecule has 0 unspecified atom stereocenters. The van der Waals surface area contributed by atoms with E-state index in [0.717, 1.165) is 40.5 Å². The summed E-state index contributed by atoms with van der Waals surface area (Å²) in [5.74, 6) is 0.894. The average molecular weight is 446 g/mol. The van der Waals surface area contributed by atoms with Crippen LogP contribution in [0.2, 0.25) is 0 Å². The maximum atomic E-state index is 12.7. The van der Waals surface area contributed by atoms with Crippen molar-refractivity contribution in [2.45, 2.75) is 57.0 Å². The van der Waals surface area contributed by atoms with Gasteiger partial charge in [-0.2, -0.15) is 0 Å². The quantitative estimate of drug-likeness (QED) is 0.522. The van der Waals surface area contributed by atoms with E-state index in [2.05, 4.69) is 33.8 Å². The maximum Gasteiger partial charge on any atom is 0.220 e. The molecule has 6 nitrogen and oxygen atoms in total. The lowest BCUT2D eigenvalue weighted by Crippen LogP contribution is -2.45. The molecule has 33 heavy (non-hydrogen) atoms. The van der Waals surface area contributed by atoms with E-state index in [4.69, 9.17) is 4.74 Å². The number of methoxy groups -OCH3 is 1. The molecule has 1 aliphatic rings. The molecular weight excluding hydrogens is 414 g/mol. The molecule has 2 N–H and O–H groups in total. The van der Waals surface area contributed by atoms with Crippen molar-refractivity contribution >= 4 is 22.6 Å². The van der Waals surface area contributed by atoms with Crippen molar-refractivity contribution in [3.63, 3.8) is 0 Å². The van der Waals surface area contributed by atoms with Gasteiger partial charge in [0.1, 0.15) is 5.75 Å². The predicted octanol–water partition coefficient (Wildman–Crippen LogP) is 3.96. The molecule has 0 aliphatic carbocycles. The number of hydrogen-bond donors (Lipinski definition) is 2. The van der Waals surface area contributed by atoms with Gasteiger partial charge < -0.3 is 15.4 Å². The first-order valence-corrected chi connectivity index (χ1v) is 11.5. The highest BCUT2D eigenvalue weighted by molar-refractivity contribution is 5.91. The van der Waals surface area contributed by atoms with Gasteiger partial charge in [-0.25, -0.2) is 0 Å². The topological polar surface area (TPSA) is 80.3 Å². The van der Waals surface area contributed by atoms with Gasteiger partial charge in [0.05, 0.1) is 7.11 Å². The number of carbonyl (C=O) groups is 2. The molecule has 0 bridgehead atoms. The third-order valence-electron chi connectivity index (χ3n) is 6.46. The first-order chi connectivity index (χ1) is 16.0. The zero-order valence-electron chi connectivity index (χ0n) is 19.3. The minimum atomic E-state index is -0.418. The standard InChI is InChI=1S/C27H31N3O3/c1-19(16-20-6-5-15-28-18-20)29-25(31)11-13-27(14-12-26(32)30-27)17-21-9-10-24(33-2)23-8-4-3-7-22(21)23/h3-10,15,18-19H,11-14,16-17H2,1-2H3,(H,29,31)(H,30,32)/t19-,27+/m0/s1. The number of nitrogens with one attached hydrogen (secondary N) is 2. The molecule has 6 heteroatoms. The number of amides is 2. The first-order valence-electron chi connectivity index (χ1n) is 11.5. The SMILES string of the molecule is COc1ccc(C[C@@]2(CCC(=O)N[C@@H](C)Cc3cccnc3)CCC(=O)N2)c2ccccc12. The second-order valence-corrected chi connectivity index (χ2v) is 9.01. The van der Waals surface area contributed by atoms with Crippen molar-refractivity contribution in [3.8, 4) is 5.75 Å². The third-order valence-corrected chi connectivity index (χ3v) is 6.46. The van der Waals surface area contributed by atoms with Gasteiger partial charge in [-0.3, -0.25) is 14.6 Å². The van der Waals surface area contributed by atoms with Crippen LogP contribution in [0.15, 0.2) is 60.9 Å². The average Bonchev–Trinajstić information content (AvgIpc) is 3.19. The number of rotatable bonds is 9. The highest BCUT2D eigenvalue weighted by atomic mass is 16.5. The van der Waals surface area contributed by atoms with Gasteiger partial charge in [0.25, 0.3) is 0 Å². The number of hydrogen-bond acceptors (Lipinski definition) is 4. The smallest absolute Gasteiger partial charge is 0.220 e. The molecule has 2 atom stereocenters. The summed E-state index contributed by atoms with van der Waals surface area (Å²) >= 11 is 0. The highest BCUT2D eigenvalue weighted by Crippen LogP contribution is 2.34. The van der Waals surface area contributed by atoms with E-state index >= 15 is 0 Å². The fourth-order valence-electron chi connectivity index (χ4n) is 4.84. The molecule has 2 amide bonds. The molecule has 172 valence electrons. The van der Waals surface area contributed by atoms with Gasteiger partial charge in [-0.15, -0.1) is 0 Å². The minimum absolute atomic E-state index is 0.00602. The number of benzene rings is 2. The molecular formula is C27H31N3O3. The first kappa shape index (κ1) is 22.8. The van der Waals surface area contributed by atoms with Crippen LogP contribution in [0.5, 0.6) is 5.75 Å². The van der Waals surface area contributed by atoms with Crippen LogP contribution in [0.3, 0.4) is 0 Å². The normalized spacial score (nSPS) is 18.7.